The number of benzene rings is 2. The number of hydrogen-bond acceptors (Lipinski definition) is 4. The Labute approximate surface area is 156 Å². The number of hydrogen-bond donors (Lipinski definition) is 2. The molecule has 0 atom stereocenters. The van der Waals surface area contributed by atoms with Gasteiger partial charge >= 0.3 is 0 Å². The molecule has 0 aliphatic rings. The van der Waals surface area contributed by atoms with Crippen molar-refractivity contribution in [2.24, 2.45) is 5.10 Å². The Morgan fingerprint density at radius 2 is 1.70 bits per heavy atom. The molecule has 0 aliphatic heterocycles. The van der Waals surface area contributed by atoms with Gasteiger partial charge in [-0.2, -0.15) is 5.10 Å². The molecule has 0 fully saturated rings. The van der Waals surface area contributed by atoms with Crippen molar-refractivity contribution in [3.05, 3.63) is 89.4 Å². The number of nitrogens with zero attached hydrogens (tertiary/aromatic N) is 1. The Hall–Kier alpha value is -3.67. The SMILES string of the molecule is CC(=NNC(=O)c1ccc(C)cc1)c1cccc(NC(=O)c2ccco2)c1. The number of furan rings is 1. The van der Waals surface area contributed by atoms with Gasteiger partial charge in [0.15, 0.2) is 5.76 Å². The van der Waals surface area contributed by atoms with Crippen molar-refractivity contribution in [1.29, 1.82) is 0 Å². The van der Waals surface area contributed by atoms with Gasteiger partial charge in [0, 0.05) is 11.3 Å². The number of nitrogens with one attached hydrogen (secondary N) is 2. The minimum atomic E-state index is -0.334. The van der Waals surface area contributed by atoms with Gasteiger partial charge in [-0.1, -0.05) is 29.8 Å². The molecule has 1 heterocycles. The molecule has 6 heteroatoms. The fourth-order valence-electron chi connectivity index (χ4n) is 2.39. The maximum atomic E-state index is 12.1. The van der Waals surface area contributed by atoms with Crippen LogP contribution >= 0.6 is 0 Å². The number of carbonyl (C=O) groups excluding carboxylic acids is 2. The van der Waals surface area contributed by atoms with E-state index in [0.29, 0.717) is 17.0 Å². The highest BCUT2D eigenvalue weighted by Gasteiger charge is 2.09. The third-order valence-corrected chi connectivity index (χ3v) is 3.92. The van der Waals surface area contributed by atoms with Crippen LogP contribution in [-0.2, 0) is 0 Å². The summed E-state index contributed by atoms with van der Waals surface area (Å²) in [5.41, 5.74) is 6.16. The lowest BCUT2D eigenvalue weighted by atomic mass is 10.1. The van der Waals surface area contributed by atoms with Crippen LogP contribution in [-0.4, -0.2) is 17.5 Å². The lowest BCUT2D eigenvalue weighted by Gasteiger charge is -2.07. The molecule has 0 spiro atoms. The molecule has 0 aliphatic carbocycles. The summed E-state index contributed by atoms with van der Waals surface area (Å²) in [6, 6.07) is 17.7. The van der Waals surface area contributed by atoms with Gasteiger partial charge in [-0.25, -0.2) is 5.43 Å². The van der Waals surface area contributed by atoms with Gasteiger partial charge in [-0.3, -0.25) is 9.59 Å². The van der Waals surface area contributed by atoms with Crippen LogP contribution in [0.3, 0.4) is 0 Å². The van der Waals surface area contributed by atoms with E-state index in [-0.39, 0.29) is 17.6 Å². The van der Waals surface area contributed by atoms with Crippen molar-refractivity contribution in [3.63, 3.8) is 0 Å². The van der Waals surface area contributed by atoms with E-state index in [2.05, 4.69) is 15.8 Å². The van der Waals surface area contributed by atoms with Gasteiger partial charge in [0.25, 0.3) is 11.8 Å². The summed E-state index contributed by atoms with van der Waals surface area (Å²) in [6.07, 6.45) is 1.44. The summed E-state index contributed by atoms with van der Waals surface area (Å²) < 4.78 is 5.08. The van der Waals surface area contributed by atoms with E-state index in [4.69, 9.17) is 4.42 Å². The van der Waals surface area contributed by atoms with Gasteiger partial charge in [0.05, 0.1) is 12.0 Å². The second-order valence-electron chi connectivity index (χ2n) is 6.02. The van der Waals surface area contributed by atoms with Crippen LogP contribution < -0.4 is 10.7 Å². The molecule has 1 aromatic heterocycles. The highest BCUT2D eigenvalue weighted by Crippen LogP contribution is 2.13. The first-order chi connectivity index (χ1) is 13.0. The molecular formula is C21H19N3O3. The zero-order chi connectivity index (χ0) is 19.2. The summed E-state index contributed by atoms with van der Waals surface area (Å²) in [4.78, 5) is 24.2. The molecule has 0 saturated carbocycles. The zero-order valence-electron chi connectivity index (χ0n) is 15.0. The highest BCUT2D eigenvalue weighted by atomic mass is 16.3. The van der Waals surface area contributed by atoms with Crippen molar-refractivity contribution in [1.82, 2.24) is 5.43 Å². The van der Waals surface area contributed by atoms with E-state index in [1.807, 2.05) is 25.1 Å². The Morgan fingerprint density at radius 3 is 2.41 bits per heavy atom. The Balaban J connectivity index is 1.68. The van der Waals surface area contributed by atoms with E-state index in [9.17, 15) is 9.59 Å². The topological polar surface area (TPSA) is 83.7 Å². The lowest BCUT2D eigenvalue weighted by Crippen LogP contribution is -2.19. The second-order valence-corrected chi connectivity index (χ2v) is 6.02. The van der Waals surface area contributed by atoms with E-state index in [1.54, 1.807) is 49.4 Å². The maximum Gasteiger partial charge on any atom is 0.291 e. The average Bonchev–Trinajstić information content (AvgIpc) is 3.21. The number of aryl methyl sites for hydroxylation is 1. The molecule has 2 aromatic carbocycles. The van der Waals surface area contributed by atoms with Gasteiger partial charge in [0.1, 0.15) is 0 Å². The molecule has 0 saturated heterocycles. The number of hydrazone groups is 1. The van der Waals surface area contributed by atoms with Crippen molar-refractivity contribution in [3.8, 4) is 0 Å². The van der Waals surface area contributed by atoms with Crippen molar-refractivity contribution in [2.75, 3.05) is 5.32 Å². The molecule has 0 unspecified atom stereocenters. The molecule has 0 radical (unpaired) electrons. The molecule has 0 bridgehead atoms. The van der Waals surface area contributed by atoms with E-state index < -0.39 is 0 Å². The van der Waals surface area contributed by atoms with Gasteiger partial charge < -0.3 is 9.73 Å². The molecule has 27 heavy (non-hydrogen) atoms. The summed E-state index contributed by atoms with van der Waals surface area (Å²) in [5, 5.41) is 6.91. The summed E-state index contributed by atoms with van der Waals surface area (Å²) in [7, 11) is 0. The van der Waals surface area contributed by atoms with Crippen LogP contribution in [0.5, 0.6) is 0 Å². The van der Waals surface area contributed by atoms with Crippen LogP contribution in [0.4, 0.5) is 5.69 Å². The smallest absolute Gasteiger partial charge is 0.291 e. The number of amides is 2. The largest absolute Gasteiger partial charge is 0.459 e. The molecule has 6 nitrogen and oxygen atoms in total. The van der Waals surface area contributed by atoms with Crippen LogP contribution in [0, 0.1) is 6.92 Å². The van der Waals surface area contributed by atoms with Crippen molar-refractivity contribution >= 4 is 23.2 Å². The van der Waals surface area contributed by atoms with Crippen LogP contribution in [0.2, 0.25) is 0 Å². The normalized spacial score (nSPS) is 11.1. The summed E-state index contributed by atoms with van der Waals surface area (Å²) in [5.74, 6) is -0.382. The van der Waals surface area contributed by atoms with Gasteiger partial charge in [-0.05, 0) is 55.8 Å². The zero-order valence-corrected chi connectivity index (χ0v) is 15.0. The molecule has 3 rings (SSSR count). The molecule has 2 N–H and O–H groups in total. The Morgan fingerprint density at radius 1 is 0.926 bits per heavy atom. The standard InChI is InChI=1S/C21H19N3O3/c1-14-8-10-16(11-9-14)20(25)24-23-15(2)17-5-3-6-18(13-17)22-21(26)19-7-4-12-27-19/h3-13H,1-2H3,(H,22,26)(H,24,25). The van der Waals surface area contributed by atoms with Gasteiger partial charge in [0.2, 0.25) is 0 Å². The average molecular weight is 361 g/mol. The second kappa shape index (κ2) is 8.14. The monoisotopic (exact) mass is 361 g/mol. The Kier molecular flexibility index (Phi) is 5.47. The van der Waals surface area contributed by atoms with Crippen LogP contribution in [0.1, 0.15) is 39.0 Å². The van der Waals surface area contributed by atoms with Crippen LogP contribution in [0.25, 0.3) is 0 Å². The van der Waals surface area contributed by atoms with E-state index >= 15 is 0 Å². The quantitative estimate of drug-likeness (QED) is 0.532. The first-order valence-corrected chi connectivity index (χ1v) is 8.39. The minimum absolute atomic E-state index is 0.233. The number of anilines is 1. The van der Waals surface area contributed by atoms with E-state index in [1.165, 1.54) is 6.26 Å². The predicted octanol–water partition coefficient (Wildman–Crippen LogP) is 3.99. The highest BCUT2D eigenvalue weighted by molar-refractivity contribution is 6.04. The fraction of sp³-hybridized carbons (Fsp3) is 0.0952. The predicted molar refractivity (Wildman–Crippen MR) is 104 cm³/mol. The van der Waals surface area contributed by atoms with Crippen LogP contribution in [0.15, 0.2) is 76.4 Å². The lowest BCUT2D eigenvalue weighted by molar-refractivity contribution is 0.0953. The Bertz CT molecular complexity index is 974. The number of rotatable bonds is 5. The molecule has 2 amide bonds. The summed E-state index contributed by atoms with van der Waals surface area (Å²) >= 11 is 0. The van der Waals surface area contributed by atoms with Crippen molar-refractivity contribution < 1.29 is 14.0 Å². The maximum absolute atomic E-state index is 12.1. The summed E-state index contributed by atoms with van der Waals surface area (Å²) in [6.45, 7) is 3.74. The molecular weight excluding hydrogens is 342 g/mol. The first-order valence-electron chi connectivity index (χ1n) is 8.39. The fourth-order valence-corrected chi connectivity index (χ4v) is 2.39. The third-order valence-electron chi connectivity index (χ3n) is 3.92. The third kappa shape index (κ3) is 4.70. The van der Waals surface area contributed by atoms with Crippen molar-refractivity contribution in [2.45, 2.75) is 13.8 Å². The van der Waals surface area contributed by atoms with Gasteiger partial charge in [-0.15, -0.1) is 0 Å². The molecule has 136 valence electrons. The van der Waals surface area contributed by atoms with E-state index in [0.717, 1.165) is 11.1 Å². The molecule has 3 aromatic rings. The minimum Gasteiger partial charge on any atom is -0.459 e. The first kappa shape index (κ1) is 18.1. The number of carbonyl (C=O) groups is 2.